The molecule has 0 unspecified atom stereocenters. The van der Waals surface area contributed by atoms with Crippen LogP contribution in [-0.2, 0) is 6.54 Å². The van der Waals surface area contributed by atoms with E-state index in [-0.39, 0.29) is 5.54 Å². The number of thioether (sulfide) groups is 1. The number of rotatable bonds is 4. The Bertz CT molecular complexity index is 1030. The first-order chi connectivity index (χ1) is 14.8. The summed E-state index contributed by atoms with van der Waals surface area (Å²) in [5.41, 5.74) is 3.36. The van der Waals surface area contributed by atoms with Gasteiger partial charge in [-0.2, -0.15) is 11.8 Å². The van der Waals surface area contributed by atoms with E-state index in [2.05, 4.69) is 47.0 Å². The summed E-state index contributed by atoms with van der Waals surface area (Å²) >= 11 is 2.03. The SMILES string of the molecule is c1ccc(Oc2ccc(CN=C3Nc4ccccc4NC34CCSCC4)cc2)cc1. The van der Waals surface area contributed by atoms with E-state index >= 15 is 0 Å². The highest BCUT2D eigenvalue weighted by Crippen LogP contribution is 2.38. The molecule has 2 N–H and O–H groups in total. The number of anilines is 2. The zero-order valence-electron chi connectivity index (χ0n) is 16.8. The first-order valence-electron chi connectivity index (χ1n) is 10.4. The maximum Gasteiger partial charge on any atom is 0.127 e. The molecule has 0 aliphatic carbocycles. The van der Waals surface area contributed by atoms with Crippen molar-refractivity contribution in [3.63, 3.8) is 0 Å². The Kier molecular flexibility index (Phi) is 5.37. The van der Waals surface area contributed by atoms with Gasteiger partial charge in [-0.3, -0.25) is 4.99 Å². The average molecular weight is 416 g/mol. The highest BCUT2D eigenvalue weighted by atomic mass is 32.2. The monoisotopic (exact) mass is 415 g/mol. The van der Waals surface area contributed by atoms with Gasteiger partial charge in [-0.25, -0.2) is 0 Å². The number of ether oxygens (including phenoxy) is 1. The van der Waals surface area contributed by atoms with Crippen molar-refractivity contribution in [2.75, 3.05) is 22.1 Å². The lowest BCUT2D eigenvalue weighted by Crippen LogP contribution is -2.54. The van der Waals surface area contributed by atoms with Crippen LogP contribution in [0.2, 0.25) is 0 Å². The number of nitrogens with one attached hydrogen (secondary N) is 2. The number of amidine groups is 1. The highest BCUT2D eigenvalue weighted by molar-refractivity contribution is 7.99. The lowest BCUT2D eigenvalue weighted by atomic mass is 9.87. The van der Waals surface area contributed by atoms with E-state index in [9.17, 15) is 0 Å². The van der Waals surface area contributed by atoms with E-state index < -0.39 is 0 Å². The predicted molar refractivity (Wildman–Crippen MR) is 127 cm³/mol. The Balaban J connectivity index is 1.34. The summed E-state index contributed by atoms with van der Waals surface area (Å²) in [6, 6.07) is 26.5. The molecule has 2 aliphatic heterocycles. The summed E-state index contributed by atoms with van der Waals surface area (Å²) in [7, 11) is 0. The minimum absolute atomic E-state index is 0.0873. The average Bonchev–Trinajstić information content (AvgIpc) is 2.80. The molecule has 2 heterocycles. The molecule has 0 amide bonds. The molecular weight excluding hydrogens is 390 g/mol. The molecule has 3 aromatic rings. The van der Waals surface area contributed by atoms with E-state index in [1.807, 2.05) is 54.2 Å². The molecule has 3 aromatic carbocycles. The third-order valence-electron chi connectivity index (χ3n) is 5.68. The van der Waals surface area contributed by atoms with Gasteiger partial charge >= 0.3 is 0 Å². The number of benzene rings is 3. The van der Waals surface area contributed by atoms with Gasteiger partial charge in [0.25, 0.3) is 0 Å². The van der Waals surface area contributed by atoms with Crippen molar-refractivity contribution in [3.8, 4) is 11.5 Å². The second kappa shape index (κ2) is 8.44. The molecule has 2 aliphatic rings. The number of aliphatic imine (C=N–C) groups is 1. The fourth-order valence-electron chi connectivity index (χ4n) is 4.00. The van der Waals surface area contributed by atoms with Crippen LogP contribution in [0.25, 0.3) is 0 Å². The van der Waals surface area contributed by atoms with Crippen LogP contribution < -0.4 is 15.4 Å². The summed E-state index contributed by atoms with van der Waals surface area (Å²) in [6.45, 7) is 0.646. The molecule has 1 spiro atoms. The summed E-state index contributed by atoms with van der Waals surface area (Å²) in [5.74, 6) is 5.05. The van der Waals surface area contributed by atoms with Gasteiger partial charge in [0.05, 0.1) is 23.5 Å². The largest absolute Gasteiger partial charge is 0.457 e. The van der Waals surface area contributed by atoms with Crippen molar-refractivity contribution in [3.05, 3.63) is 84.4 Å². The summed E-state index contributed by atoms with van der Waals surface area (Å²) in [4.78, 5) is 5.04. The Morgan fingerprint density at radius 3 is 2.23 bits per heavy atom. The first kappa shape index (κ1) is 19.1. The second-order valence-corrected chi connectivity index (χ2v) is 8.94. The lowest BCUT2D eigenvalue weighted by Gasteiger charge is -2.43. The van der Waals surface area contributed by atoms with Crippen molar-refractivity contribution in [2.24, 2.45) is 4.99 Å². The molecular formula is C25H25N3OS. The molecule has 1 fully saturated rings. The predicted octanol–water partition coefficient (Wildman–Crippen LogP) is 6.18. The van der Waals surface area contributed by atoms with E-state index in [1.165, 1.54) is 11.3 Å². The van der Waals surface area contributed by atoms with E-state index in [0.717, 1.165) is 47.4 Å². The van der Waals surface area contributed by atoms with Crippen LogP contribution in [0.4, 0.5) is 11.4 Å². The zero-order chi connectivity index (χ0) is 20.2. The Morgan fingerprint density at radius 1 is 0.800 bits per heavy atom. The van der Waals surface area contributed by atoms with Crippen LogP contribution in [0.5, 0.6) is 11.5 Å². The molecule has 30 heavy (non-hydrogen) atoms. The van der Waals surface area contributed by atoms with Crippen LogP contribution in [0.3, 0.4) is 0 Å². The molecule has 4 nitrogen and oxygen atoms in total. The Labute approximate surface area is 181 Å². The van der Waals surface area contributed by atoms with Crippen molar-refractivity contribution >= 4 is 29.0 Å². The number of para-hydroxylation sites is 3. The van der Waals surface area contributed by atoms with Gasteiger partial charge in [0.1, 0.15) is 17.3 Å². The number of hydrogen-bond donors (Lipinski definition) is 2. The van der Waals surface area contributed by atoms with Crippen LogP contribution in [0.15, 0.2) is 83.9 Å². The first-order valence-corrected chi connectivity index (χ1v) is 11.6. The zero-order valence-corrected chi connectivity index (χ0v) is 17.6. The van der Waals surface area contributed by atoms with Crippen LogP contribution in [0.1, 0.15) is 18.4 Å². The van der Waals surface area contributed by atoms with Gasteiger partial charge in [-0.15, -0.1) is 0 Å². The quantitative estimate of drug-likeness (QED) is 0.534. The molecule has 5 rings (SSSR count). The smallest absolute Gasteiger partial charge is 0.127 e. The van der Waals surface area contributed by atoms with Gasteiger partial charge in [0.2, 0.25) is 0 Å². The Morgan fingerprint density at radius 2 is 1.47 bits per heavy atom. The maximum absolute atomic E-state index is 5.90. The number of fused-ring (bicyclic) bond motifs is 1. The van der Waals surface area contributed by atoms with Crippen molar-refractivity contribution in [2.45, 2.75) is 24.9 Å². The van der Waals surface area contributed by atoms with Gasteiger partial charge in [-0.05, 0) is 66.3 Å². The molecule has 0 atom stereocenters. The highest BCUT2D eigenvalue weighted by Gasteiger charge is 2.40. The van der Waals surface area contributed by atoms with E-state index in [1.54, 1.807) is 0 Å². The van der Waals surface area contributed by atoms with E-state index in [0.29, 0.717) is 6.54 Å². The molecule has 0 bridgehead atoms. The Hall–Kier alpha value is -2.92. The fraction of sp³-hybridized carbons (Fsp3) is 0.240. The van der Waals surface area contributed by atoms with Crippen LogP contribution in [-0.4, -0.2) is 22.9 Å². The third kappa shape index (κ3) is 4.03. The maximum atomic E-state index is 5.90. The minimum atomic E-state index is -0.0873. The van der Waals surface area contributed by atoms with Gasteiger partial charge < -0.3 is 15.4 Å². The number of nitrogens with zero attached hydrogens (tertiary/aromatic N) is 1. The lowest BCUT2D eigenvalue weighted by molar-refractivity contribution is 0.482. The standard InChI is InChI=1S/C25H25N3OS/c1-2-6-20(7-3-1)29-21-12-10-19(11-13-21)18-26-24-25(14-16-30-17-15-25)28-23-9-5-4-8-22(23)27-24/h1-13,28H,14-18H2,(H,26,27). The van der Waals surface area contributed by atoms with Gasteiger partial charge in [0, 0.05) is 0 Å². The minimum Gasteiger partial charge on any atom is -0.457 e. The van der Waals surface area contributed by atoms with Gasteiger partial charge in [-0.1, -0.05) is 42.5 Å². The van der Waals surface area contributed by atoms with Crippen molar-refractivity contribution < 1.29 is 4.74 Å². The van der Waals surface area contributed by atoms with Crippen LogP contribution in [0, 0.1) is 0 Å². The summed E-state index contributed by atoms with van der Waals surface area (Å²) in [5, 5.41) is 7.43. The molecule has 0 saturated carbocycles. The molecule has 0 aromatic heterocycles. The van der Waals surface area contributed by atoms with Gasteiger partial charge in [0.15, 0.2) is 0 Å². The fourth-order valence-corrected chi connectivity index (χ4v) is 5.19. The summed E-state index contributed by atoms with van der Waals surface area (Å²) < 4.78 is 5.90. The third-order valence-corrected chi connectivity index (χ3v) is 6.66. The molecule has 0 radical (unpaired) electrons. The molecule has 152 valence electrons. The van der Waals surface area contributed by atoms with Crippen molar-refractivity contribution in [1.82, 2.24) is 0 Å². The summed E-state index contributed by atoms with van der Waals surface area (Å²) in [6.07, 6.45) is 2.17. The topological polar surface area (TPSA) is 45.6 Å². The van der Waals surface area contributed by atoms with Crippen molar-refractivity contribution in [1.29, 1.82) is 0 Å². The second-order valence-electron chi connectivity index (χ2n) is 7.71. The number of hydrogen-bond acceptors (Lipinski definition) is 4. The molecule has 1 saturated heterocycles. The van der Waals surface area contributed by atoms with Crippen LogP contribution >= 0.6 is 11.8 Å². The molecule has 5 heteroatoms. The van der Waals surface area contributed by atoms with E-state index in [4.69, 9.17) is 9.73 Å². The normalized spacial score (nSPS) is 18.3.